The maximum atomic E-state index is 12.4. The normalized spacial score (nSPS) is 18.8. The van der Waals surface area contributed by atoms with Crippen molar-refractivity contribution in [1.29, 1.82) is 0 Å². The minimum absolute atomic E-state index is 0.0744. The highest BCUT2D eigenvalue weighted by atomic mass is 35.5. The highest BCUT2D eigenvalue weighted by Gasteiger charge is 2.27. The maximum Gasteiger partial charge on any atom is 0.274 e. The van der Waals surface area contributed by atoms with Crippen molar-refractivity contribution >= 4 is 17.5 Å². The van der Waals surface area contributed by atoms with Gasteiger partial charge in [0.15, 0.2) is 0 Å². The van der Waals surface area contributed by atoms with E-state index in [0.717, 1.165) is 11.3 Å². The van der Waals surface area contributed by atoms with E-state index in [2.05, 4.69) is 10.2 Å². The van der Waals surface area contributed by atoms with Crippen molar-refractivity contribution in [2.75, 3.05) is 19.7 Å². The van der Waals surface area contributed by atoms with Crippen LogP contribution in [0.2, 0.25) is 5.02 Å². The van der Waals surface area contributed by atoms with E-state index in [-0.39, 0.29) is 12.0 Å². The number of nitrogens with one attached hydrogen (secondary N) is 1. The van der Waals surface area contributed by atoms with E-state index in [1.807, 2.05) is 31.2 Å². The number of carbonyl (C=O) groups is 1. The van der Waals surface area contributed by atoms with Crippen molar-refractivity contribution in [2.24, 2.45) is 0 Å². The molecule has 21 heavy (non-hydrogen) atoms. The van der Waals surface area contributed by atoms with Gasteiger partial charge in [-0.2, -0.15) is 5.10 Å². The predicted molar refractivity (Wildman–Crippen MR) is 79.4 cm³/mol. The zero-order valence-electron chi connectivity index (χ0n) is 11.7. The molecule has 1 N–H and O–H groups in total. The SMILES string of the molecule is Cc1cc(C(=O)N2CCOC(c3cccc(Cl)c3)C2)n[nH]1. The van der Waals surface area contributed by atoms with Crippen LogP contribution in [0, 0.1) is 6.92 Å². The van der Waals surface area contributed by atoms with Gasteiger partial charge >= 0.3 is 0 Å². The third-order valence-corrected chi connectivity index (χ3v) is 3.73. The molecule has 1 atom stereocenters. The fourth-order valence-corrected chi connectivity index (χ4v) is 2.63. The first-order valence-corrected chi connectivity index (χ1v) is 7.19. The molecule has 2 aromatic rings. The smallest absolute Gasteiger partial charge is 0.274 e. The summed E-state index contributed by atoms with van der Waals surface area (Å²) in [5.41, 5.74) is 2.30. The highest BCUT2D eigenvalue weighted by molar-refractivity contribution is 6.30. The Morgan fingerprint density at radius 1 is 1.48 bits per heavy atom. The number of aromatic nitrogens is 2. The molecule has 1 aromatic carbocycles. The lowest BCUT2D eigenvalue weighted by Crippen LogP contribution is -2.42. The largest absolute Gasteiger partial charge is 0.370 e. The van der Waals surface area contributed by atoms with Crippen molar-refractivity contribution in [3.05, 3.63) is 52.3 Å². The van der Waals surface area contributed by atoms with Gasteiger partial charge in [0.05, 0.1) is 13.2 Å². The first-order chi connectivity index (χ1) is 10.1. The molecule has 1 fully saturated rings. The van der Waals surface area contributed by atoms with Crippen molar-refractivity contribution in [1.82, 2.24) is 15.1 Å². The topological polar surface area (TPSA) is 58.2 Å². The van der Waals surface area contributed by atoms with Gasteiger partial charge in [-0.25, -0.2) is 0 Å². The Morgan fingerprint density at radius 2 is 2.33 bits per heavy atom. The lowest BCUT2D eigenvalue weighted by Gasteiger charge is -2.32. The minimum Gasteiger partial charge on any atom is -0.370 e. The van der Waals surface area contributed by atoms with Gasteiger partial charge in [0.25, 0.3) is 5.91 Å². The Morgan fingerprint density at radius 3 is 3.05 bits per heavy atom. The summed E-state index contributed by atoms with van der Waals surface area (Å²) in [6.45, 7) is 3.46. The summed E-state index contributed by atoms with van der Waals surface area (Å²) < 4.78 is 5.76. The number of rotatable bonds is 2. The summed E-state index contributed by atoms with van der Waals surface area (Å²) in [4.78, 5) is 14.2. The molecule has 2 heterocycles. The minimum atomic E-state index is -0.151. The molecule has 0 aliphatic carbocycles. The van der Waals surface area contributed by atoms with E-state index < -0.39 is 0 Å². The molecular formula is C15H16ClN3O2. The van der Waals surface area contributed by atoms with Crippen molar-refractivity contribution in [3.63, 3.8) is 0 Å². The zero-order chi connectivity index (χ0) is 14.8. The van der Waals surface area contributed by atoms with E-state index in [9.17, 15) is 4.79 Å². The van der Waals surface area contributed by atoms with Gasteiger partial charge < -0.3 is 9.64 Å². The van der Waals surface area contributed by atoms with Crippen LogP contribution in [-0.4, -0.2) is 40.7 Å². The van der Waals surface area contributed by atoms with Gasteiger partial charge in [-0.1, -0.05) is 23.7 Å². The molecule has 110 valence electrons. The Hall–Kier alpha value is -1.85. The first kappa shape index (κ1) is 14.1. The average molecular weight is 306 g/mol. The van der Waals surface area contributed by atoms with Crippen LogP contribution >= 0.6 is 11.6 Å². The Kier molecular flexibility index (Phi) is 3.94. The monoisotopic (exact) mass is 305 g/mol. The van der Waals surface area contributed by atoms with Crippen LogP contribution < -0.4 is 0 Å². The Labute approximate surface area is 127 Å². The molecular weight excluding hydrogens is 290 g/mol. The summed E-state index contributed by atoms with van der Waals surface area (Å²) in [6.07, 6.45) is -0.151. The van der Waals surface area contributed by atoms with Crippen LogP contribution in [0.3, 0.4) is 0 Å². The van der Waals surface area contributed by atoms with E-state index in [0.29, 0.717) is 30.4 Å². The average Bonchev–Trinajstić information content (AvgIpc) is 2.93. The van der Waals surface area contributed by atoms with Gasteiger partial charge in [-0.05, 0) is 30.7 Å². The van der Waals surface area contributed by atoms with Crippen LogP contribution in [0.25, 0.3) is 0 Å². The van der Waals surface area contributed by atoms with E-state index in [1.54, 1.807) is 11.0 Å². The second kappa shape index (κ2) is 5.87. The summed E-state index contributed by atoms with van der Waals surface area (Å²) in [6, 6.07) is 9.30. The molecule has 0 radical (unpaired) electrons. The van der Waals surface area contributed by atoms with E-state index >= 15 is 0 Å². The number of H-pyrrole nitrogens is 1. The van der Waals surface area contributed by atoms with Crippen molar-refractivity contribution < 1.29 is 9.53 Å². The van der Waals surface area contributed by atoms with Crippen LogP contribution in [0.1, 0.15) is 27.8 Å². The fourth-order valence-electron chi connectivity index (χ4n) is 2.43. The lowest BCUT2D eigenvalue weighted by atomic mass is 10.1. The van der Waals surface area contributed by atoms with Crippen LogP contribution in [0.4, 0.5) is 0 Å². The fraction of sp³-hybridized carbons (Fsp3) is 0.333. The molecule has 1 saturated heterocycles. The molecule has 0 spiro atoms. The first-order valence-electron chi connectivity index (χ1n) is 6.82. The van der Waals surface area contributed by atoms with E-state index in [1.165, 1.54) is 0 Å². The molecule has 1 unspecified atom stereocenters. The van der Waals surface area contributed by atoms with Gasteiger partial charge in [0.1, 0.15) is 11.8 Å². The van der Waals surface area contributed by atoms with Crippen molar-refractivity contribution in [3.8, 4) is 0 Å². The number of benzene rings is 1. The quantitative estimate of drug-likeness (QED) is 0.928. The number of hydrogen-bond donors (Lipinski definition) is 1. The molecule has 6 heteroatoms. The number of hydrogen-bond acceptors (Lipinski definition) is 3. The zero-order valence-corrected chi connectivity index (χ0v) is 12.4. The van der Waals surface area contributed by atoms with Crippen LogP contribution in [0.5, 0.6) is 0 Å². The number of nitrogens with zero attached hydrogens (tertiary/aromatic N) is 2. The lowest BCUT2D eigenvalue weighted by molar-refractivity contribution is -0.0230. The summed E-state index contributed by atoms with van der Waals surface area (Å²) in [5, 5.41) is 7.49. The second-order valence-corrected chi connectivity index (χ2v) is 5.54. The number of ether oxygens (including phenoxy) is 1. The highest BCUT2D eigenvalue weighted by Crippen LogP contribution is 2.25. The summed E-state index contributed by atoms with van der Waals surface area (Å²) >= 11 is 6.01. The van der Waals surface area contributed by atoms with Gasteiger partial charge in [-0.15, -0.1) is 0 Å². The number of halogens is 1. The summed E-state index contributed by atoms with van der Waals surface area (Å²) in [5.74, 6) is -0.0744. The molecule has 0 saturated carbocycles. The molecule has 1 aliphatic rings. The third kappa shape index (κ3) is 3.09. The molecule has 1 amide bonds. The Balaban J connectivity index is 1.75. The number of aryl methyl sites for hydroxylation is 1. The standard InChI is InChI=1S/C15H16ClN3O2/c1-10-7-13(18-17-10)15(20)19-5-6-21-14(9-19)11-3-2-4-12(16)8-11/h2-4,7-8,14H,5-6,9H2,1H3,(H,17,18). The number of amides is 1. The van der Waals surface area contributed by atoms with Crippen molar-refractivity contribution in [2.45, 2.75) is 13.0 Å². The molecule has 1 aromatic heterocycles. The van der Waals surface area contributed by atoms with Gasteiger partial charge in [0.2, 0.25) is 0 Å². The molecule has 0 bridgehead atoms. The Bertz CT molecular complexity index is 656. The number of aromatic amines is 1. The maximum absolute atomic E-state index is 12.4. The second-order valence-electron chi connectivity index (χ2n) is 5.10. The van der Waals surface area contributed by atoms with E-state index in [4.69, 9.17) is 16.3 Å². The van der Waals surface area contributed by atoms with Gasteiger partial charge in [-0.3, -0.25) is 9.89 Å². The molecule has 5 nitrogen and oxygen atoms in total. The predicted octanol–water partition coefficient (Wildman–Crippen LogP) is 2.59. The molecule has 1 aliphatic heterocycles. The van der Waals surface area contributed by atoms with Gasteiger partial charge in [0, 0.05) is 17.3 Å². The number of carbonyl (C=O) groups excluding carboxylic acids is 1. The molecule has 3 rings (SSSR count). The number of morpholine rings is 1. The van der Waals surface area contributed by atoms with Crippen LogP contribution in [-0.2, 0) is 4.74 Å². The third-order valence-electron chi connectivity index (χ3n) is 3.50. The van der Waals surface area contributed by atoms with Crippen LogP contribution in [0.15, 0.2) is 30.3 Å². The summed E-state index contributed by atoms with van der Waals surface area (Å²) in [7, 11) is 0.